The Labute approximate surface area is 120 Å². The number of halogens is 1. The van der Waals surface area contributed by atoms with Crippen LogP contribution < -0.4 is 10.6 Å². The molecule has 2 rings (SSSR count). The van der Waals surface area contributed by atoms with E-state index in [0.717, 1.165) is 15.7 Å². The molecule has 1 aromatic carbocycles. The van der Waals surface area contributed by atoms with Crippen LogP contribution in [-0.4, -0.2) is 17.4 Å². The molecule has 0 aliphatic carbocycles. The number of anilines is 1. The van der Waals surface area contributed by atoms with Crippen LogP contribution >= 0.6 is 15.9 Å². The Morgan fingerprint density at radius 1 is 1.21 bits per heavy atom. The van der Waals surface area contributed by atoms with Gasteiger partial charge in [-0.25, -0.2) is 0 Å². The number of pyridine rings is 1. The number of amides is 1. The molecule has 0 aliphatic rings. The maximum absolute atomic E-state index is 11.7. The third-order valence-electron chi connectivity index (χ3n) is 2.47. The van der Waals surface area contributed by atoms with Gasteiger partial charge in [0, 0.05) is 29.1 Å². The number of hydrogen-bond acceptors (Lipinski definition) is 3. The molecule has 0 bridgehead atoms. The Hall–Kier alpha value is -1.72. The lowest BCUT2D eigenvalue weighted by Gasteiger charge is -2.07. The largest absolute Gasteiger partial charge is 0.325 e. The van der Waals surface area contributed by atoms with Crippen molar-refractivity contribution >= 4 is 27.5 Å². The summed E-state index contributed by atoms with van der Waals surface area (Å²) in [4.78, 5) is 15.7. The van der Waals surface area contributed by atoms with Crippen molar-refractivity contribution in [3.8, 4) is 0 Å². The van der Waals surface area contributed by atoms with Gasteiger partial charge in [-0.1, -0.05) is 22.0 Å². The number of nitrogens with one attached hydrogen (secondary N) is 2. The first kappa shape index (κ1) is 13.7. The minimum Gasteiger partial charge on any atom is -0.325 e. The maximum atomic E-state index is 11.7. The Morgan fingerprint density at radius 2 is 2.00 bits per heavy atom. The Kier molecular flexibility index (Phi) is 5.06. The van der Waals surface area contributed by atoms with Crippen molar-refractivity contribution in [3.63, 3.8) is 0 Å². The van der Waals surface area contributed by atoms with Gasteiger partial charge in [-0.3, -0.25) is 9.78 Å². The molecular weight excluding hydrogens is 306 g/mol. The summed E-state index contributed by atoms with van der Waals surface area (Å²) in [6.07, 6.45) is 3.47. The zero-order valence-electron chi connectivity index (χ0n) is 10.3. The lowest BCUT2D eigenvalue weighted by molar-refractivity contribution is -0.115. The fourth-order valence-corrected chi connectivity index (χ4v) is 1.99. The van der Waals surface area contributed by atoms with Gasteiger partial charge in [0.05, 0.1) is 6.54 Å². The third kappa shape index (κ3) is 4.81. The molecule has 0 saturated heterocycles. The van der Waals surface area contributed by atoms with Crippen LogP contribution in [-0.2, 0) is 11.3 Å². The SMILES string of the molecule is O=C(CNCc1ccncc1)Nc1cccc(Br)c1. The van der Waals surface area contributed by atoms with Crippen LogP contribution in [0.25, 0.3) is 0 Å². The predicted octanol–water partition coefficient (Wildman–Crippen LogP) is 2.57. The molecule has 1 heterocycles. The zero-order valence-corrected chi connectivity index (χ0v) is 11.9. The molecule has 0 saturated carbocycles. The van der Waals surface area contributed by atoms with Crippen LogP contribution in [0.2, 0.25) is 0 Å². The molecule has 19 heavy (non-hydrogen) atoms. The van der Waals surface area contributed by atoms with Gasteiger partial charge in [0.1, 0.15) is 0 Å². The molecule has 0 aliphatic heterocycles. The summed E-state index contributed by atoms with van der Waals surface area (Å²) >= 11 is 3.36. The van der Waals surface area contributed by atoms with Crippen LogP contribution in [0, 0.1) is 0 Å². The van der Waals surface area contributed by atoms with Crippen molar-refractivity contribution in [1.29, 1.82) is 0 Å². The number of aromatic nitrogens is 1. The van der Waals surface area contributed by atoms with Crippen molar-refractivity contribution in [3.05, 3.63) is 58.8 Å². The first-order valence-electron chi connectivity index (χ1n) is 5.89. The van der Waals surface area contributed by atoms with Crippen molar-refractivity contribution in [1.82, 2.24) is 10.3 Å². The second-order valence-corrected chi connectivity index (χ2v) is 4.93. The van der Waals surface area contributed by atoms with Gasteiger partial charge in [0.15, 0.2) is 0 Å². The van der Waals surface area contributed by atoms with Crippen molar-refractivity contribution in [2.45, 2.75) is 6.54 Å². The van der Waals surface area contributed by atoms with E-state index >= 15 is 0 Å². The first-order chi connectivity index (χ1) is 9.24. The summed E-state index contributed by atoms with van der Waals surface area (Å²) in [7, 11) is 0. The highest BCUT2D eigenvalue weighted by Gasteiger charge is 2.02. The second kappa shape index (κ2) is 7.01. The molecular formula is C14H14BrN3O. The van der Waals surface area contributed by atoms with Crippen molar-refractivity contribution < 1.29 is 4.79 Å². The molecule has 4 nitrogen and oxygen atoms in total. The molecule has 0 unspecified atom stereocenters. The molecule has 0 fully saturated rings. The first-order valence-corrected chi connectivity index (χ1v) is 6.68. The van der Waals surface area contributed by atoms with E-state index in [4.69, 9.17) is 0 Å². The number of nitrogens with zero attached hydrogens (tertiary/aromatic N) is 1. The van der Waals surface area contributed by atoms with E-state index in [1.54, 1.807) is 12.4 Å². The molecule has 2 aromatic rings. The van der Waals surface area contributed by atoms with Crippen LogP contribution in [0.1, 0.15) is 5.56 Å². The Bertz CT molecular complexity index is 545. The summed E-state index contributed by atoms with van der Waals surface area (Å²) < 4.78 is 0.940. The quantitative estimate of drug-likeness (QED) is 0.890. The van der Waals surface area contributed by atoms with Crippen molar-refractivity contribution in [2.75, 3.05) is 11.9 Å². The number of carbonyl (C=O) groups excluding carboxylic acids is 1. The average molecular weight is 320 g/mol. The predicted molar refractivity (Wildman–Crippen MR) is 78.7 cm³/mol. The Morgan fingerprint density at radius 3 is 2.74 bits per heavy atom. The highest BCUT2D eigenvalue weighted by Crippen LogP contribution is 2.15. The lowest BCUT2D eigenvalue weighted by atomic mass is 10.3. The summed E-state index contributed by atoms with van der Waals surface area (Å²) in [6, 6.07) is 11.3. The molecule has 0 spiro atoms. The van der Waals surface area contributed by atoms with Crippen LogP contribution in [0.5, 0.6) is 0 Å². The van der Waals surface area contributed by atoms with E-state index in [0.29, 0.717) is 6.54 Å². The minimum absolute atomic E-state index is 0.0628. The molecule has 1 aromatic heterocycles. The monoisotopic (exact) mass is 319 g/mol. The number of rotatable bonds is 5. The topological polar surface area (TPSA) is 54.0 Å². The van der Waals surface area contributed by atoms with E-state index in [-0.39, 0.29) is 12.5 Å². The fourth-order valence-electron chi connectivity index (χ4n) is 1.59. The molecule has 0 radical (unpaired) electrons. The third-order valence-corrected chi connectivity index (χ3v) is 2.97. The highest BCUT2D eigenvalue weighted by atomic mass is 79.9. The van der Waals surface area contributed by atoms with Gasteiger partial charge in [-0.15, -0.1) is 0 Å². The van der Waals surface area contributed by atoms with E-state index in [9.17, 15) is 4.79 Å². The van der Waals surface area contributed by atoms with Gasteiger partial charge in [0.25, 0.3) is 0 Å². The lowest BCUT2D eigenvalue weighted by Crippen LogP contribution is -2.27. The van der Waals surface area contributed by atoms with Gasteiger partial charge < -0.3 is 10.6 Å². The van der Waals surface area contributed by atoms with E-state index in [2.05, 4.69) is 31.5 Å². The highest BCUT2D eigenvalue weighted by molar-refractivity contribution is 9.10. The molecule has 2 N–H and O–H groups in total. The van der Waals surface area contributed by atoms with Gasteiger partial charge in [0.2, 0.25) is 5.91 Å². The molecule has 1 amide bonds. The molecule has 5 heteroatoms. The van der Waals surface area contributed by atoms with Gasteiger partial charge in [-0.05, 0) is 35.9 Å². The summed E-state index contributed by atoms with van der Waals surface area (Å²) in [5, 5.41) is 5.91. The maximum Gasteiger partial charge on any atom is 0.238 e. The van der Waals surface area contributed by atoms with E-state index < -0.39 is 0 Å². The smallest absolute Gasteiger partial charge is 0.238 e. The van der Waals surface area contributed by atoms with Gasteiger partial charge >= 0.3 is 0 Å². The normalized spacial score (nSPS) is 10.2. The average Bonchev–Trinajstić information content (AvgIpc) is 2.40. The Balaban J connectivity index is 1.76. The zero-order chi connectivity index (χ0) is 13.5. The summed E-state index contributed by atoms with van der Waals surface area (Å²) in [5.74, 6) is -0.0628. The van der Waals surface area contributed by atoms with Crippen LogP contribution in [0.15, 0.2) is 53.3 Å². The van der Waals surface area contributed by atoms with Crippen LogP contribution in [0.3, 0.4) is 0 Å². The van der Waals surface area contributed by atoms with Gasteiger partial charge in [-0.2, -0.15) is 0 Å². The molecule has 0 atom stereocenters. The van der Waals surface area contributed by atoms with E-state index in [1.807, 2.05) is 36.4 Å². The molecule has 98 valence electrons. The van der Waals surface area contributed by atoms with Crippen LogP contribution in [0.4, 0.5) is 5.69 Å². The van der Waals surface area contributed by atoms with E-state index in [1.165, 1.54) is 0 Å². The van der Waals surface area contributed by atoms with Crippen molar-refractivity contribution in [2.24, 2.45) is 0 Å². The fraction of sp³-hybridized carbons (Fsp3) is 0.143. The summed E-state index contributed by atoms with van der Waals surface area (Å²) in [6.45, 7) is 0.920. The standard InChI is InChI=1S/C14H14BrN3O/c15-12-2-1-3-13(8-12)18-14(19)10-17-9-11-4-6-16-7-5-11/h1-8,17H,9-10H2,(H,18,19). The minimum atomic E-state index is -0.0628. The number of benzene rings is 1. The number of hydrogen-bond donors (Lipinski definition) is 2. The summed E-state index contributed by atoms with van der Waals surface area (Å²) in [5.41, 5.74) is 1.88. The number of carbonyl (C=O) groups is 1. The second-order valence-electron chi connectivity index (χ2n) is 4.02.